The quantitative estimate of drug-likeness (QED) is 0.161. The first-order valence-corrected chi connectivity index (χ1v) is 25.3. The molecule has 0 N–H and O–H groups in total. The zero-order valence-electron chi connectivity index (χ0n) is 39.9. The second kappa shape index (κ2) is 18.7. The van der Waals surface area contributed by atoms with E-state index in [0.717, 1.165) is 114 Å². The summed E-state index contributed by atoms with van der Waals surface area (Å²) < 4.78 is 39.6. The number of para-hydroxylation sites is 2. The molecule has 10 aromatic carbocycles. The van der Waals surface area contributed by atoms with E-state index in [4.69, 9.17) is 50.2 Å². The minimum atomic E-state index is -0.549. The minimum Gasteiger partial charge on any atom is -0.456 e. The van der Waals surface area contributed by atoms with Crippen LogP contribution in [0.4, 0.5) is 4.70 Å². The Labute approximate surface area is 443 Å². The van der Waals surface area contributed by atoms with Gasteiger partial charge < -0.3 is 27.0 Å². The van der Waals surface area contributed by atoms with Crippen LogP contribution in [0.15, 0.2) is 204 Å². The molecule has 1 saturated heterocycles. The highest BCUT2D eigenvalue weighted by molar-refractivity contribution is 9.10. The van der Waals surface area contributed by atoms with Crippen molar-refractivity contribution in [2.24, 2.45) is 0 Å². The maximum atomic E-state index is 6.47. The predicted octanol–water partition coefficient (Wildman–Crippen LogP) is 19.8. The lowest BCUT2D eigenvalue weighted by Gasteiger charge is -2.32. The van der Waals surface area contributed by atoms with Gasteiger partial charge in [0, 0.05) is 68.6 Å². The topological polar surface area (TPSA) is 71.0 Å². The number of fused-ring (bicyclic) bond motifs is 18. The largest absolute Gasteiger partial charge is 0.498 e. The minimum absolute atomic E-state index is 0. The first-order valence-electron chi connectivity index (χ1n) is 23.8. The van der Waals surface area contributed by atoms with Gasteiger partial charge in [-0.15, -0.1) is 0 Å². The molecule has 0 bridgehead atoms. The Balaban J connectivity index is 0.000000135. The Hall–Kier alpha value is -7.11. The van der Waals surface area contributed by atoms with E-state index in [1.54, 1.807) is 0 Å². The second-order valence-electron chi connectivity index (χ2n) is 19.3. The van der Waals surface area contributed by atoms with Crippen molar-refractivity contribution in [2.45, 2.75) is 46.3 Å². The van der Waals surface area contributed by atoms with Crippen molar-refractivity contribution in [2.75, 3.05) is 0 Å². The van der Waals surface area contributed by atoms with Gasteiger partial charge in [-0.3, -0.25) is 4.70 Å². The van der Waals surface area contributed by atoms with E-state index in [1.165, 1.54) is 21.5 Å². The molecule has 0 spiro atoms. The van der Waals surface area contributed by atoms with E-state index < -0.39 is 18.3 Å². The van der Waals surface area contributed by atoms with Crippen molar-refractivity contribution in [1.82, 2.24) is 0 Å². The van der Waals surface area contributed by atoms with Gasteiger partial charge in [0.1, 0.15) is 44.7 Å². The molecule has 0 radical (unpaired) electrons. The van der Waals surface area contributed by atoms with Crippen molar-refractivity contribution in [3.05, 3.63) is 197 Å². The Morgan fingerprint density at radius 2 is 0.838 bits per heavy atom. The summed E-state index contributed by atoms with van der Waals surface area (Å²) in [6.07, 6.45) is 0. The van der Waals surface area contributed by atoms with Crippen LogP contribution < -0.4 is 5.46 Å². The highest BCUT2D eigenvalue weighted by Crippen LogP contribution is 2.47. The molecule has 0 atom stereocenters. The monoisotopic (exact) mass is 1080 g/mol. The van der Waals surface area contributed by atoms with Crippen LogP contribution in [0.25, 0.3) is 120 Å². The summed E-state index contributed by atoms with van der Waals surface area (Å²) in [5.41, 5.74) is 8.78. The summed E-state index contributed by atoms with van der Waals surface area (Å²) in [6, 6.07) is 61.1. The van der Waals surface area contributed by atoms with E-state index >= 15 is 0 Å². The van der Waals surface area contributed by atoms with Crippen LogP contribution in [0.2, 0.25) is 10.0 Å². The third kappa shape index (κ3) is 8.01. The normalized spacial score (nSPS) is 14.0. The maximum absolute atomic E-state index is 6.47. The Morgan fingerprint density at radius 3 is 1.35 bits per heavy atom. The van der Waals surface area contributed by atoms with Gasteiger partial charge in [0.05, 0.1) is 11.2 Å². The van der Waals surface area contributed by atoms with Crippen LogP contribution in [0.3, 0.4) is 0 Å². The number of hydrogen-bond donors (Lipinski definition) is 0. The summed E-state index contributed by atoms with van der Waals surface area (Å²) in [6.45, 7) is 8.26. The SMILES string of the molecule is C.CC1(C)OB(c2cc3oc4ccc5ccccc5c4c3c3c2oc2ccccc23)OC1(C)C.Clc1ccc(-c2cc3oc4ccc5ccccc5c4c3c3c2oc2ccccc23)cc1.Clc1ccc(Br)cc1.F. The van der Waals surface area contributed by atoms with E-state index in [2.05, 4.69) is 141 Å². The number of benzene rings is 10. The van der Waals surface area contributed by atoms with Crippen LogP contribution >= 0.6 is 39.1 Å². The van der Waals surface area contributed by atoms with Gasteiger partial charge in [-0.2, -0.15) is 0 Å². The van der Waals surface area contributed by atoms with Crippen LogP contribution in [-0.4, -0.2) is 18.3 Å². The molecule has 1 fully saturated rings. The summed E-state index contributed by atoms with van der Waals surface area (Å²) in [4.78, 5) is 0. The molecule has 0 unspecified atom stereocenters. The number of hydrogen-bond acceptors (Lipinski definition) is 6. The molecular formula is C63H47BBrCl2FO6. The average molecular weight is 1080 g/mol. The van der Waals surface area contributed by atoms with Crippen LogP contribution in [-0.2, 0) is 9.31 Å². The lowest BCUT2D eigenvalue weighted by molar-refractivity contribution is 0.00578. The molecule has 6 nitrogen and oxygen atoms in total. The zero-order chi connectivity index (χ0) is 49.0. The van der Waals surface area contributed by atoms with Crippen LogP contribution in [0.5, 0.6) is 0 Å². The standard InChI is InChI=1S/C28H23BO4.C28H15ClO2.C6H4BrCl.CH4.FH/c1-27(2)28(3,4)33-29(32-27)19-15-22-25(24-18-11-7-8-12-20(18)31-26(19)24)23-17-10-6-5-9-16(17)13-14-21(23)30-22;29-18-12-9-17(10-13-18)21-15-24-27(26-20-7-3-4-8-22(20)31-28(21)26)25-19-6-2-1-5-16(19)11-14-23(25)30-24;7-5-1-3-6(8)4-2-5;;/h5-15H,1-4H3;1-15H;1-4H;1H4;1H. The van der Waals surface area contributed by atoms with Crippen molar-refractivity contribution >= 4 is 161 Å². The third-order valence-corrected chi connectivity index (χ3v) is 15.5. The summed E-state index contributed by atoms with van der Waals surface area (Å²) in [7, 11) is -0.549. The van der Waals surface area contributed by atoms with Gasteiger partial charge >= 0.3 is 7.12 Å². The molecule has 74 heavy (non-hydrogen) atoms. The molecule has 1 aliphatic rings. The molecule has 14 aromatic rings. The molecule has 366 valence electrons. The highest BCUT2D eigenvalue weighted by atomic mass is 79.9. The first-order chi connectivity index (χ1) is 34.9. The highest BCUT2D eigenvalue weighted by Gasteiger charge is 2.53. The number of furan rings is 4. The lowest BCUT2D eigenvalue weighted by Crippen LogP contribution is -2.41. The molecule has 5 heterocycles. The zero-order valence-corrected chi connectivity index (χ0v) is 43.0. The molecule has 1 aliphatic heterocycles. The molecule has 0 saturated carbocycles. The maximum Gasteiger partial charge on any atom is 0.498 e. The summed E-state index contributed by atoms with van der Waals surface area (Å²) in [5, 5.41) is 14.9. The van der Waals surface area contributed by atoms with E-state index in [9.17, 15) is 0 Å². The molecular weight excluding hydrogens is 1030 g/mol. The summed E-state index contributed by atoms with van der Waals surface area (Å²) >= 11 is 15.0. The van der Waals surface area contributed by atoms with Crippen LogP contribution in [0.1, 0.15) is 35.1 Å². The van der Waals surface area contributed by atoms with Gasteiger partial charge in [-0.05, 0) is 128 Å². The Morgan fingerprint density at radius 1 is 0.405 bits per heavy atom. The smallest absolute Gasteiger partial charge is 0.456 e. The molecule has 0 amide bonds. The molecule has 4 aromatic heterocycles. The molecule has 11 heteroatoms. The van der Waals surface area contributed by atoms with Gasteiger partial charge in [0.25, 0.3) is 0 Å². The Kier molecular flexibility index (Phi) is 12.4. The van der Waals surface area contributed by atoms with Crippen LogP contribution in [0, 0.1) is 0 Å². The molecule has 0 aliphatic carbocycles. The van der Waals surface area contributed by atoms with E-state index in [0.29, 0.717) is 5.02 Å². The third-order valence-electron chi connectivity index (χ3n) is 14.4. The molecule has 15 rings (SSSR count). The van der Waals surface area contributed by atoms with Crippen molar-refractivity contribution < 1.29 is 31.7 Å². The Bertz CT molecular complexity index is 4420. The first kappa shape index (κ1) is 49.1. The van der Waals surface area contributed by atoms with Gasteiger partial charge in [-0.25, -0.2) is 0 Å². The fourth-order valence-electron chi connectivity index (χ4n) is 10.3. The average Bonchev–Trinajstić information content (AvgIpc) is 4.20. The van der Waals surface area contributed by atoms with Crippen molar-refractivity contribution in [3.63, 3.8) is 0 Å². The second-order valence-corrected chi connectivity index (χ2v) is 21.1. The van der Waals surface area contributed by atoms with Gasteiger partial charge in [0.15, 0.2) is 0 Å². The number of rotatable bonds is 2. The number of halogens is 4. The van der Waals surface area contributed by atoms with Gasteiger partial charge in [-0.1, -0.05) is 156 Å². The van der Waals surface area contributed by atoms with Crippen molar-refractivity contribution in [1.29, 1.82) is 0 Å². The van der Waals surface area contributed by atoms with E-state index in [-0.39, 0.29) is 12.1 Å². The summed E-state index contributed by atoms with van der Waals surface area (Å²) in [5.74, 6) is 0. The van der Waals surface area contributed by atoms with E-state index in [1.807, 2.05) is 84.9 Å². The lowest BCUT2D eigenvalue weighted by atomic mass is 9.77. The van der Waals surface area contributed by atoms with Gasteiger partial charge in [0.2, 0.25) is 0 Å². The fraction of sp³-hybridized carbons (Fsp3) is 0.111. The van der Waals surface area contributed by atoms with Crippen molar-refractivity contribution in [3.8, 4) is 11.1 Å². The predicted molar refractivity (Wildman–Crippen MR) is 312 cm³/mol. The fourth-order valence-corrected chi connectivity index (χ4v) is 10.8.